The summed E-state index contributed by atoms with van der Waals surface area (Å²) in [5.74, 6) is 0.286. The Morgan fingerprint density at radius 1 is 1.36 bits per heavy atom. The van der Waals surface area contributed by atoms with E-state index in [1.807, 2.05) is 12.1 Å². The highest BCUT2D eigenvalue weighted by molar-refractivity contribution is 14.1. The van der Waals surface area contributed by atoms with Gasteiger partial charge in [-0.2, -0.15) is 0 Å². The molecule has 2 rings (SSSR count). The van der Waals surface area contributed by atoms with Crippen molar-refractivity contribution in [3.8, 4) is 0 Å². The third-order valence-corrected chi connectivity index (χ3v) is 3.58. The molecule has 1 saturated heterocycles. The molecule has 2 atom stereocenters. The standard InChI is InChI=1S/C11H12FIO/c12-10-3-1-8(2-4-10)9-5-11(6-13)14-7-9/h1-4,9,11H,5-7H2/t9-,11-/m0/s1. The minimum Gasteiger partial charge on any atom is -0.377 e. The van der Waals surface area contributed by atoms with Gasteiger partial charge < -0.3 is 4.74 Å². The lowest BCUT2D eigenvalue weighted by molar-refractivity contribution is 0.129. The lowest BCUT2D eigenvalue weighted by Crippen LogP contribution is -2.05. The van der Waals surface area contributed by atoms with Crippen LogP contribution >= 0.6 is 22.6 Å². The maximum Gasteiger partial charge on any atom is 0.123 e. The fourth-order valence-corrected chi connectivity index (χ4v) is 2.39. The summed E-state index contributed by atoms with van der Waals surface area (Å²) in [5, 5.41) is 0. The van der Waals surface area contributed by atoms with E-state index in [0.29, 0.717) is 12.0 Å². The first-order valence-electron chi connectivity index (χ1n) is 4.72. The van der Waals surface area contributed by atoms with Crippen LogP contribution in [0.3, 0.4) is 0 Å². The van der Waals surface area contributed by atoms with Crippen molar-refractivity contribution in [2.75, 3.05) is 11.0 Å². The smallest absolute Gasteiger partial charge is 0.123 e. The van der Waals surface area contributed by atoms with Crippen LogP contribution in [-0.2, 0) is 4.74 Å². The molecule has 0 radical (unpaired) electrons. The Hall–Kier alpha value is -0.160. The zero-order chi connectivity index (χ0) is 9.97. The van der Waals surface area contributed by atoms with Gasteiger partial charge in [-0.05, 0) is 24.1 Å². The van der Waals surface area contributed by atoms with Crippen molar-refractivity contribution in [2.24, 2.45) is 0 Å². The van der Waals surface area contributed by atoms with Crippen LogP contribution in [0.2, 0.25) is 0 Å². The van der Waals surface area contributed by atoms with Crippen LogP contribution in [0.5, 0.6) is 0 Å². The maximum atomic E-state index is 12.7. The highest BCUT2D eigenvalue weighted by atomic mass is 127. The van der Waals surface area contributed by atoms with Gasteiger partial charge in [-0.3, -0.25) is 0 Å². The minimum absolute atomic E-state index is 0.168. The average molecular weight is 306 g/mol. The topological polar surface area (TPSA) is 9.23 Å². The lowest BCUT2D eigenvalue weighted by Gasteiger charge is -2.07. The van der Waals surface area contributed by atoms with Crippen molar-refractivity contribution in [1.82, 2.24) is 0 Å². The Morgan fingerprint density at radius 3 is 2.64 bits per heavy atom. The Balaban J connectivity index is 2.06. The Kier molecular flexibility index (Phi) is 3.38. The number of hydrogen-bond donors (Lipinski definition) is 0. The molecule has 1 aromatic carbocycles. The first-order chi connectivity index (χ1) is 6.79. The molecular weight excluding hydrogens is 294 g/mol. The fraction of sp³-hybridized carbons (Fsp3) is 0.455. The summed E-state index contributed by atoms with van der Waals surface area (Å²) in [6, 6.07) is 6.76. The summed E-state index contributed by atoms with van der Waals surface area (Å²) in [5.41, 5.74) is 1.19. The molecule has 1 heterocycles. The van der Waals surface area contributed by atoms with Crippen LogP contribution in [0.4, 0.5) is 4.39 Å². The molecule has 0 aliphatic carbocycles. The summed E-state index contributed by atoms with van der Waals surface area (Å²) in [4.78, 5) is 0. The summed E-state index contributed by atoms with van der Waals surface area (Å²) < 4.78 is 19.3. The number of hydrogen-bond acceptors (Lipinski definition) is 1. The van der Waals surface area contributed by atoms with Gasteiger partial charge in [0, 0.05) is 10.3 Å². The molecule has 1 aliphatic rings. The van der Waals surface area contributed by atoms with Crippen LogP contribution in [0.15, 0.2) is 24.3 Å². The second kappa shape index (κ2) is 4.57. The molecule has 0 bridgehead atoms. The largest absolute Gasteiger partial charge is 0.377 e. The number of ether oxygens (including phenoxy) is 1. The Bertz CT molecular complexity index is 299. The van der Waals surface area contributed by atoms with E-state index in [1.165, 1.54) is 17.7 Å². The molecule has 1 aliphatic heterocycles. The molecule has 0 amide bonds. The molecule has 1 nitrogen and oxygen atoms in total. The molecule has 76 valence electrons. The van der Waals surface area contributed by atoms with Crippen LogP contribution < -0.4 is 0 Å². The van der Waals surface area contributed by atoms with Gasteiger partial charge >= 0.3 is 0 Å². The summed E-state index contributed by atoms with van der Waals surface area (Å²) >= 11 is 2.34. The van der Waals surface area contributed by atoms with E-state index in [1.54, 1.807) is 0 Å². The van der Waals surface area contributed by atoms with E-state index >= 15 is 0 Å². The van der Waals surface area contributed by atoms with E-state index in [2.05, 4.69) is 22.6 Å². The number of benzene rings is 1. The minimum atomic E-state index is -0.168. The Morgan fingerprint density at radius 2 is 2.07 bits per heavy atom. The fourth-order valence-electron chi connectivity index (χ4n) is 1.78. The van der Waals surface area contributed by atoms with Gasteiger partial charge in [0.2, 0.25) is 0 Å². The molecule has 0 saturated carbocycles. The third-order valence-electron chi connectivity index (χ3n) is 2.59. The van der Waals surface area contributed by atoms with E-state index in [-0.39, 0.29) is 5.82 Å². The Labute approximate surface area is 96.8 Å². The second-order valence-corrected chi connectivity index (χ2v) is 4.47. The maximum absolute atomic E-state index is 12.7. The van der Waals surface area contributed by atoms with E-state index in [0.717, 1.165) is 17.5 Å². The normalized spacial score (nSPS) is 26.7. The zero-order valence-electron chi connectivity index (χ0n) is 7.75. The summed E-state index contributed by atoms with van der Waals surface area (Å²) in [7, 11) is 0. The third kappa shape index (κ3) is 2.25. The van der Waals surface area contributed by atoms with Gasteiger partial charge in [-0.25, -0.2) is 4.39 Å². The number of halogens is 2. The van der Waals surface area contributed by atoms with Crippen molar-refractivity contribution in [3.05, 3.63) is 35.6 Å². The highest BCUT2D eigenvalue weighted by Crippen LogP contribution is 2.30. The second-order valence-electron chi connectivity index (χ2n) is 3.59. The number of rotatable bonds is 2. The predicted molar refractivity (Wildman–Crippen MR) is 62.4 cm³/mol. The van der Waals surface area contributed by atoms with Crippen molar-refractivity contribution in [2.45, 2.75) is 18.4 Å². The molecule has 1 fully saturated rings. The molecule has 0 aromatic heterocycles. The molecule has 0 spiro atoms. The SMILES string of the molecule is Fc1ccc([C@@H]2CO[C@H](CI)C2)cc1. The lowest BCUT2D eigenvalue weighted by atomic mass is 9.97. The van der Waals surface area contributed by atoms with Crippen LogP contribution in [0, 0.1) is 5.82 Å². The van der Waals surface area contributed by atoms with Crippen LogP contribution in [0.25, 0.3) is 0 Å². The summed E-state index contributed by atoms with van der Waals surface area (Å²) in [6.07, 6.45) is 1.44. The molecular formula is C11H12FIO. The first-order valence-corrected chi connectivity index (χ1v) is 6.25. The van der Waals surface area contributed by atoms with Gasteiger partial charge in [-0.15, -0.1) is 0 Å². The van der Waals surface area contributed by atoms with Crippen molar-refractivity contribution < 1.29 is 9.13 Å². The van der Waals surface area contributed by atoms with Gasteiger partial charge in [-0.1, -0.05) is 34.7 Å². The average Bonchev–Trinajstić information content (AvgIpc) is 2.67. The van der Waals surface area contributed by atoms with Crippen molar-refractivity contribution in [3.63, 3.8) is 0 Å². The number of alkyl halides is 1. The quantitative estimate of drug-likeness (QED) is 0.602. The van der Waals surface area contributed by atoms with Gasteiger partial charge in [0.1, 0.15) is 5.82 Å². The molecule has 0 N–H and O–H groups in total. The van der Waals surface area contributed by atoms with E-state index < -0.39 is 0 Å². The van der Waals surface area contributed by atoms with Gasteiger partial charge in [0.05, 0.1) is 12.7 Å². The predicted octanol–water partition coefficient (Wildman–Crippen LogP) is 3.13. The van der Waals surface area contributed by atoms with E-state index in [4.69, 9.17) is 4.74 Å². The molecule has 14 heavy (non-hydrogen) atoms. The van der Waals surface area contributed by atoms with Crippen molar-refractivity contribution in [1.29, 1.82) is 0 Å². The summed E-state index contributed by atoms with van der Waals surface area (Å²) in [6.45, 7) is 0.777. The monoisotopic (exact) mass is 306 g/mol. The van der Waals surface area contributed by atoms with E-state index in [9.17, 15) is 4.39 Å². The molecule has 0 unspecified atom stereocenters. The van der Waals surface area contributed by atoms with Crippen LogP contribution in [-0.4, -0.2) is 17.1 Å². The van der Waals surface area contributed by atoms with Crippen LogP contribution in [0.1, 0.15) is 17.9 Å². The highest BCUT2D eigenvalue weighted by Gasteiger charge is 2.25. The molecule has 1 aromatic rings. The first kappa shape index (κ1) is 10.4. The van der Waals surface area contributed by atoms with Crippen molar-refractivity contribution >= 4 is 22.6 Å². The zero-order valence-corrected chi connectivity index (χ0v) is 9.91. The molecule has 3 heteroatoms. The van der Waals surface area contributed by atoms with Gasteiger partial charge in [0.15, 0.2) is 0 Å². The van der Waals surface area contributed by atoms with Gasteiger partial charge in [0.25, 0.3) is 0 Å².